The second kappa shape index (κ2) is 5.18. The van der Waals surface area contributed by atoms with Crippen LogP contribution in [0.3, 0.4) is 0 Å². The molecule has 0 saturated carbocycles. The van der Waals surface area contributed by atoms with E-state index in [1.165, 1.54) is 51.0 Å². The van der Waals surface area contributed by atoms with E-state index < -0.39 is 0 Å². The molecule has 1 rings (SSSR count). The van der Waals surface area contributed by atoms with Gasteiger partial charge >= 0.3 is 0 Å². The zero-order valence-corrected chi connectivity index (χ0v) is 8.34. The number of hydrogen-bond acceptors (Lipinski definition) is 1. The predicted octanol–water partition coefficient (Wildman–Crippen LogP) is 2.30. The van der Waals surface area contributed by atoms with Crippen molar-refractivity contribution in [3.63, 3.8) is 0 Å². The van der Waals surface area contributed by atoms with Crippen molar-refractivity contribution in [1.29, 1.82) is 0 Å². The highest BCUT2D eigenvalue weighted by atomic mass is 15.2. The molecule has 0 unspecified atom stereocenters. The van der Waals surface area contributed by atoms with Crippen LogP contribution in [0.25, 0.3) is 0 Å². The number of hydrogen-bond donors (Lipinski definition) is 0. The molecule has 1 heterocycles. The summed E-state index contributed by atoms with van der Waals surface area (Å²) in [5, 5.41) is 0. The van der Waals surface area contributed by atoms with Crippen LogP contribution < -0.4 is 0 Å². The van der Waals surface area contributed by atoms with Gasteiger partial charge in [-0.25, -0.2) is 0 Å². The summed E-state index contributed by atoms with van der Waals surface area (Å²) in [5.74, 6) is 1.33. The van der Waals surface area contributed by atoms with Gasteiger partial charge in [-0.3, -0.25) is 4.99 Å². The number of rotatable bonds is 2. The van der Waals surface area contributed by atoms with Crippen LogP contribution in [0.2, 0.25) is 0 Å². The van der Waals surface area contributed by atoms with Gasteiger partial charge < -0.3 is 4.90 Å². The first-order chi connectivity index (χ1) is 5.88. The van der Waals surface area contributed by atoms with Crippen molar-refractivity contribution in [2.75, 3.05) is 20.1 Å². The van der Waals surface area contributed by atoms with Crippen molar-refractivity contribution in [2.24, 2.45) is 4.99 Å². The van der Waals surface area contributed by atoms with Crippen molar-refractivity contribution in [1.82, 2.24) is 4.90 Å². The fraction of sp³-hybridized carbons (Fsp3) is 0.900. The first-order valence-corrected chi connectivity index (χ1v) is 5.09. The monoisotopic (exact) mass is 168 g/mol. The molecule has 0 amide bonds. The van der Waals surface area contributed by atoms with Gasteiger partial charge in [0.25, 0.3) is 0 Å². The molecule has 12 heavy (non-hydrogen) atoms. The Morgan fingerprint density at radius 3 is 2.83 bits per heavy atom. The highest BCUT2D eigenvalue weighted by molar-refractivity contribution is 5.82. The molecular formula is C10H20N2. The van der Waals surface area contributed by atoms with Crippen molar-refractivity contribution >= 4 is 5.84 Å². The normalized spacial score (nSPS) is 22.8. The molecule has 0 aliphatic carbocycles. The molecule has 2 nitrogen and oxygen atoms in total. The SMILES string of the molecule is CCCN1CCCCCC1=NC. The molecule has 1 aliphatic rings. The lowest BCUT2D eigenvalue weighted by molar-refractivity contribution is 0.413. The second-order valence-corrected chi connectivity index (χ2v) is 3.44. The molecule has 70 valence electrons. The third-order valence-corrected chi connectivity index (χ3v) is 2.45. The van der Waals surface area contributed by atoms with E-state index in [1.807, 2.05) is 7.05 Å². The van der Waals surface area contributed by atoms with Crippen LogP contribution in [-0.4, -0.2) is 30.9 Å². The number of likely N-dealkylation sites (tertiary alicyclic amines) is 1. The molecule has 1 fully saturated rings. The van der Waals surface area contributed by atoms with Gasteiger partial charge in [0.15, 0.2) is 0 Å². The minimum atomic E-state index is 1.19. The van der Waals surface area contributed by atoms with Gasteiger partial charge in [0.05, 0.1) is 5.84 Å². The molecule has 0 aromatic heterocycles. The summed E-state index contributed by atoms with van der Waals surface area (Å²) in [6, 6.07) is 0. The molecule has 0 bridgehead atoms. The summed E-state index contributed by atoms with van der Waals surface area (Å²) in [6.07, 6.45) is 6.47. The molecule has 1 aliphatic heterocycles. The topological polar surface area (TPSA) is 15.6 Å². The minimum Gasteiger partial charge on any atom is -0.360 e. The van der Waals surface area contributed by atoms with Gasteiger partial charge in [-0.05, 0) is 19.3 Å². The average Bonchev–Trinajstić information content (AvgIpc) is 2.30. The molecule has 0 aromatic rings. The van der Waals surface area contributed by atoms with Crippen molar-refractivity contribution in [3.8, 4) is 0 Å². The molecule has 2 heteroatoms. The maximum atomic E-state index is 4.35. The Hall–Kier alpha value is -0.530. The van der Waals surface area contributed by atoms with Gasteiger partial charge in [0.1, 0.15) is 0 Å². The van der Waals surface area contributed by atoms with Crippen LogP contribution in [-0.2, 0) is 0 Å². The number of amidine groups is 1. The van der Waals surface area contributed by atoms with Crippen LogP contribution in [0, 0.1) is 0 Å². The molecule has 0 N–H and O–H groups in total. The summed E-state index contributed by atoms with van der Waals surface area (Å²) in [7, 11) is 1.92. The molecule has 0 spiro atoms. The van der Waals surface area contributed by atoms with Crippen molar-refractivity contribution in [2.45, 2.75) is 39.0 Å². The Kier molecular flexibility index (Phi) is 4.12. The molecule has 0 atom stereocenters. The first kappa shape index (κ1) is 9.56. The Balaban J connectivity index is 2.52. The summed E-state index contributed by atoms with van der Waals surface area (Å²) >= 11 is 0. The van der Waals surface area contributed by atoms with Gasteiger partial charge in [-0.15, -0.1) is 0 Å². The quantitative estimate of drug-likeness (QED) is 0.617. The van der Waals surface area contributed by atoms with E-state index in [2.05, 4.69) is 16.8 Å². The molecular weight excluding hydrogens is 148 g/mol. The van der Waals surface area contributed by atoms with Crippen molar-refractivity contribution < 1.29 is 0 Å². The van der Waals surface area contributed by atoms with Gasteiger partial charge in [-0.2, -0.15) is 0 Å². The fourth-order valence-corrected chi connectivity index (χ4v) is 1.81. The lowest BCUT2D eigenvalue weighted by Gasteiger charge is -2.22. The zero-order chi connectivity index (χ0) is 8.81. The Bertz CT molecular complexity index is 152. The highest BCUT2D eigenvalue weighted by Gasteiger charge is 2.12. The first-order valence-electron chi connectivity index (χ1n) is 5.09. The summed E-state index contributed by atoms with van der Waals surface area (Å²) < 4.78 is 0. The van der Waals surface area contributed by atoms with Gasteiger partial charge in [-0.1, -0.05) is 13.3 Å². The fourth-order valence-electron chi connectivity index (χ4n) is 1.81. The largest absolute Gasteiger partial charge is 0.360 e. The standard InChI is InChI=1S/C10H20N2/c1-3-8-12-9-6-4-5-7-10(12)11-2/h3-9H2,1-2H3. The maximum absolute atomic E-state index is 4.35. The number of aliphatic imine (C=N–C) groups is 1. The second-order valence-electron chi connectivity index (χ2n) is 3.44. The zero-order valence-electron chi connectivity index (χ0n) is 8.34. The van der Waals surface area contributed by atoms with E-state index in [9.17, 15) is 0 Å². The van der Waals surface area contributed by atoms with Crippen LogP contribution in [0.5, 0.6) is 0 Å². The molecule has 1 saturated heterocycles. The highest BCUT2D eigenvalue weighted by Crippen LogP contribution is 2.12. The minimum absolute atomic E-state index is 1.19. The molecule has 0 aromatic carbocycles. The van der Waals surface area contributed by atoms with Gasteiger partial charge in [0.2, 0.25) is 0 Å². The van der Waals surface area contributed by atoms with Crippen LogP contribution >= 0.6 is 0 Å². The maximum Gasteiger partial charge on any atom is 0.0985 e. The average molecular weight is 168 g/mol. The van der Waals surface area contributed by atoms with Crippen LogP contribution in [0.1, 0.15) is 39.0 Å². The Labute approximate surface area is 75.7 Å². The van der Waals surface area contributed by atoms with E-state index >= 15 is 0 Å². The lowest BCUT2D eigenvalue weighted by Crippen LogP contribution is -2.31. The smallest absolute Gasteiger partial charge is 0.0985 e. The number of nitrogens with zero attached hydrogens (tertiary/aromatic N) is 2. The summed E-state index contributed by atoms with van der Waals surface area (Å²) in [6.45, 7) is 4.64. The summed E-state index contributed by atoms with van der Waals surface area (Å²) in [4.78, 5) is 6.80. The third-order valence-electron chi connectivity index (χ3n) is 2.45. The van der Waals surface area contributed by atoms with E-state index in [4.69, 9.17) is 0 Å². The van der Waals surface area contributed by atoms with Crippen molar-refractivity contribution in [3.05, 3.63) is 0 Å². The van der Waals surface area contributed by atoms with Crippen LogP contribution in [0.15, 0.2) is 4.99 Å². The van der Waals surface area contributed by atoms with E-state index in [0.717, 1.165) is 0 Å². The third kappa shape index (κ3) is 2.50. The lowest BCUT2D eigenvalue weighted by atomic mass is 10.2. The van der Waals surface area contributed by atoms with E-state index in [0.29, 0.717) is 0 Å². The molecule has 0 radical (unpaired) electrons. The predicted molar refractivity (Wildman–Crippen MR) is 53.7 cm³/mol. The van der Waals surface area contributed by atoms with E-state index in [-0.39, 0.29) is 0 Å². The van der Waals surface area contributed by atoms with E-state index in [1.54, 1.807) is 0 Å². The van der Waals surface area contributed by atoms with Crippen LogP contribution in [0.4, 0.5) is 0 Å². The Morgan fingerprint density at radius 1 is 1.33 bits per heavy atom. The summed E-state index contributed by atoms with van der Waals surface area (Å²) in [5.41, 5.74) is 0. The van der Waals surface area contributed by atoms with Gasteiger partial charge in [0, 0.05) is 26.6 Å². The Morgan fingerprint density at radius 2 is 2.17 bits per heavy atom.